The normalized spacial score (nSPS) is 12.8. The standard InChI is InChI=1S/C10H14ClNS/c1-2-13-7-10(12)8-5-3-4-6-9(8)11/h3-6,10H,2,7,12H2,1H3. The van der Waals surface area contributed by atoms with Crippen molar-refractivity contribution in [1.29, 1.82) is 0 Å². The van der Waals surface area contributed by atoms with E-state index in [2.05, 4.69) is 6.92 Å². The van der Waals surface area contributed by atoms with Crippen LogP contribution in [-0.2, 0) is 0 Å². The van der Waals surface area contributed by atoms with E-state index in [4.69, 9.17) is 17.3 Å². The third-order valence-corrected chi connectivity index (χ3v) is 3.15. The Morgan fingerprint density at radius 2 is 2.15 bits per heavy atom. The molecule has 1 aromatic rings. The molecular weight excluding hydrogens is 202 g/mol. The van der Waals surface area contributed by atoms with Crippen molar-refractivity contribution in [3.8, 4) is 0 Å². The molecule has 1 unspecified atom stereocenters. The molecule has 1 rings (SSSR count). The topological polar surface area (TPSA) is 26.0 Å². The second-order valence-electron chi connectivity index (χ2n) is 2.79. The molecule has 1 atom stereocenters. The van der Waals surface area contributed by atoms with Gasteiger partial charge in [-0.25, -0.2) is 0 Å². The molecule has 0 aliphatic rings. The van der Waals surface area contributed by atoms with Crippen LogP contribution in [0.1, 0.15) is 18.5 Å². The van der Waals surface area contributed by atoms with Crippen LogP contribution in [-0.4, -0.2) is 11.5 Å². The van der Waals surface area contributed by atoms with E-state index in [1.807, 2.05) is 36.0 Å². The third kappa shape index (κ3) is 3.22. The molecule has 0 fully saturated rings. The highest BCUT2D eigenvalue weighted by Crippen LogP contribution is 2.23. The van der Waals surface area contributed by atoms with Gasteiger partial charge in [0.25, 0.3) is 0 Å². The Morgan fingerprint density at radius 3 is 2.77 bits per heavy atom. The third-order valence-electron chi connectivity index (χ3n) is 1.81. The second kappa shape index (κ2) is 5.53. The number of hydrogen-bond donors (Lipinski definition) is 1. The van der Waals surface area contributed by atoms with Gasteiger partial charge in [0, 0.05) is 16.8 Å². The summed E-state index contributed by atoms with van der Waals surface area (Å²) in [5.41, 5.74) is 7.02. The van der Waals surface area contributed by atoms with Crippen molar-refractivity contribution in [2.24, 2.45) is 5.73 Å². The first-order valence-electron chi connectivity index (χ1n) is 4.33. The maximum absolute atomic E-state index is 6.01. The summed E-state index contributed by atoms with van der Waals surface area (Å²) in [6.45, 7) is 2.13. The molecule has 0 aromatic heterocycles. The summed E-state index contributed by atoms with van der Waals surface area (Å²) in [5, 5.41) is 0.770. The van der Waals surface area contributed by atoms with E-state index < -0.39 is 0 Å². The van der Waals surface area contributed by atoms with Gasteiger partial charge in [-0.2, -0.15) is 11.8 Å². The molecule has 1 aromatic carbocycles. The summed E-state index contributed by atoms with van der Waals surface area (Å²) < 4.78 is 0. The van der Waals surface area contributed by atoms with Gasteiger partial charge in [0.2, 0.25) is 0 Å². The van der Waals surface area contributed by atoms with Gasteiger partial charge in [0.15, 0.2) is 0 Å². The van der Waals surface area contributed by atoms with Gasteiger partial charge in [-0.05, 0) is 17.4 Å². The number of rotatable bonds is 4. The largest absolute Gasteiger partial charge is 0.323 e. The van der Waals surface area contributed by atoms with Crippen LogP contribution in [0.15, 0.2) is 24.3 Å². The molecule has 0 spiro atoms. The zero-order valence-corrected chi connectivity index (χ0v) is 9.24. The lowest BCUT2D eigenvalue weighted by Gasteiger charge is -2.12. The van der Waals surface area contributed by atoms with E-state index in [1.54, 1.807) is 0 Å². The quantitative estimate of drug-likeness (QED) is 0.836. The molecule has 0 amide bonds. The lowest BCUT2D eigenvalue weighted by molar-refractivity contribution is 0.832. The minimum Gasteiger partial charge on any atom is -0.323 e. The smallest absolute Gasteiger partial charge is 0.0454 e. The molecule has 0 heterocycles. The highest BCUT2D eigenvalue weighted by Gasteiger charge is 2.08. The fourth-order valence-electron chi connectivity index (χ4n) is 1.11. The molecule has 0 aliphatic heterocycles. The zero-order chi connectivity index (χ0) is 9.68. The highest BCUT2D eigenvalue weighted by atomic mass is 35.5. The van der Waals surface area contributed by atoms with E-state index >= 15 is 0 Å². The first-order chi connectivity index (χ1) is 6.25. The molecule has 0 saturated carbocycles. The van der Waals surface area contributed by atoms with Crippen molar-refractivity contribution in [3.05, 3.63) is 34.9 Å². The average molecular weight is 216 g/mol. The summed E-state index contributed by atoms with van der Waals surface area (Å²) in [6.07, 6.45) is 0. The van der Waals surface area contributed by atoms with Crippen LogP contribution in [0, 0.1) is 0 Å². The maximum atomic E-state index is 6.01. The van der Waals surface area contributed by atoms with Gasteiger partial charge in [-0.3, -0.25) is 0 Å². The molecule has 0 radical (unpaired) electrons. The lowest BCUT2D eigenvalue weighted by atomic mass is 10.1. The highest BCUT2D eigenvalue weighted by molar-refractivity contribution is 7.99. The Balaban J connectivity index is 2.65. The van der Waals surface area contributed by atoms with E-state index in [9.17, 15) is 0 Å². The molecule has 13 heavy (non-hydrogen) atoms. The number of benzene rings is 1. The number of nitrogens with two attached hydrogens (primary N) is 1. The van der Waals surface area contributed by atoms with E-state index in [0.29, 0.717) is 0 Å². The average Bonchev–Trinajstić information content (AvgIpc) is 2.15. The van der Waals surface area contributed by atoms with Crippen molar-refractivity contribution in [2.75, 3.05) is 11.5 Å². The Hall–Kier alpha value is -0.180. The number of hydrogen-bond acceptors (Lipinski definition) is 2. The Bertz CT molecular complexity index is 265. The van der Waals surface area contributed by atoms with Crippen molar-refractivity contribution in [3.63, 3.8) is 0 Å². The molecule has 0 saturated heterocycles. The lowest BCUT2D eigenvalue weighted by Crippen LogP contribution is -2.13. The predicted molar refractivity (Wildman–Crippen MR) is 61.4 cm³/mol. The summed E-state index contributed by atoms with van der Waals surface area (Å²) in [4.78, 5) is 0. The first-order valence-corrected chi connectivity index (χ1v) is 5.86. The predicted octanol–water partition coefficient (Wildman–Crippen LogP) is 3.09. The van der Waals surface area contributed by atoms with E-state index in [-0.39, 0.29) is 6.04 Å². The van der Waals surface area contributed by atoms with Gasteiger partial charge in [-0.1, -0.05) is 36.7 Å². The molecule has 2 N–H and O–H groups in total. The second-order valence-corrected chi connectivity index (χ2v) is 4.51. The van der Waals surface area contributed by atoms with Crippen LogP contribution >= 0.6 is 23.4 Å². The molecule has 3 heteroatoms. The summed E-state index contributed by atoms with van der Waals surface area (Å²) in [7, 11) is 0. The molecular formula is C10H14ClNS. The number of halogens is 1. The SMILES string of the molecule is CCSCC(N)c1ccccc1Cl. The van der Waals surface area contributed by atoms with Crippen molar-refractivity contribution in [1.82, 2.24) is 0 Å². The first kappa shape index (κ1) is 10.9. The summed E-state index contributed by atoms with van der Waals surface area (Å²) in [5.74, 6) is 2.03. The molecule has 0 bridgehead atoms. The maximum Gasteiger partial charge on any atom is 0.0454 e. The monoisotopic (exact) mass is 215 g/mol. The molecule has 72 valence electrons. The van der Waals surface area contributed by atoms with Crippen LogP contribution in [0.25, 0.3) is 0 Å². The van der Waals surface area contributed by atoms with Gasteiger partial charge >= 0.3 is 0 Å². The van der Waals surface area contributed by atoms with Gasteiger partial charge in [-0.15, -0.1) is 0 Å². The van der Waals surface area contributed by atoms with Crippen molar-refractivity contribution >= 4 is 23.4 Å². The van der Waals surface area contributed by atoms with E-state index in [1.165, 1.54) is 0 Å². The molecule has 0 aliphatic carbocycles. The van der Waals surface area contributed by atoms with Gasteiger partial charge in [0.05, 0.1) is 0 Å². The van der Waals surface area contributed by atoms with Crippen LogP contribution < -0.4 is 5.73 Å². The Labute approximate surface area is 88.7 Å². The van der Waals surface area contributed by atoms with Gasteiger partial charge in [0.1, 0.15) is 0 Å². The van der Waals surface area contributed by atoms with Crippen LogP contribution in [0.5, 0.6) is 0 Å². The Morgan fingerprint density at radius 1 is 1.46 bits per heavy atom. The van der Waals surface area contributed by atoms with Crippen LogP contribution in [0.3, 0.4) is 0 Å². The van der Waals surface area contributed by atoms with Gasteiger partial charge < -0.3 is 5.73 Å². The van der Waals surface area contributed by atoms with Crippen molar-refractivity contribution < 1.29 is 0 Å². The summed E-state index contributed by atoms with van der Waals surface area (Å²) >= 11 is 7.84. The summed E-state index contributed by atoms with van der Waals surface area (Å²) in [6, 6.07) is 7.82. The minimum atomic E-state index is 0.0543. The molecule has 1 nitrogen and oxygen atoms in total. The van der Waals surface area contributed by atoms with Crippen LogP contribution in [0.4, 0.5) is 0 Å². The Kier molecular flexibility index (Phi) is 4.64. The van der Waals surface area contributed by atoms with Crippen LogP contribution in [0.2, 0.25) is 5.02 Å². The van der Waals surface area contributed by atoms with E-state index in [0.717, 1.165) is 22.1 Å². The van der Waals surface area contributed by atoms with Crippen molar-refractivity contribution in [2.45, 2.75) is 13.0 Å². The minimum absolute atomic E-state index is 0.0543. The number of thioether (sulfide) groups is 1. The zero-order valence-electron chi connectivity index (χ0n) is 7.66. The fraction of sp³-hybridized carbons (Fsp3) is 0.400. The fourth-order valence-corrected chi connectivity index (χ4v) is 2.06.